The minimum atomic E-state index is -2.22. The van der Waals surface area contributed by atoms with Gasteiger partial charge in [-0.15, -0.1) is 0 Å². The van der Waals surface area contributed by atoms with Crippen LogP contribution in [0.5, 0.6) is 0 Å². The second-order valence-electron chi connectivity index (χ2n) is 3.94. The quantitative estimate of drug-likeness (QED) is 0.571. The highest BCUT2D eigenvalue weighted by molar-refractivity contribution is 7.38. The van der Waals surface area contributed by atoms with Gasteiger partial charge in [0.1, 0.15) is 0 Å². The minimum absolute atomic E-state index is 0.387. The van der Waals surface area contributed by atoms with Gasteiger partial charge >= 0.3 is 8.03 Å². The highest BCUT2D eigenvalue weighted by atomic mass is 31.1. The van der Waals surface area contributed by atoms with Crippen LogP contribution in [0.4, 0.5) is 0 Å². The summed E-state index contributed by atoms with van der Waals surface area (Å²) >= 11 is 0. The Balaban J connectivity index is 2.55. The highest BCUT2D eigenvalue weighted by Crippen LogP contribution is 2.45. The first-order chi connectivity index (χ1) is 5.04. The van der Waals surface area contributed by atoms with E-state index >= 15 is 0 Å². The van der Waals surface area contributed by atoms with E-state index in [-0.39, 0.29) is 5.16 Å². The van der Waals surface area contributed by atoms with Crippen LogP contribution in [0, 0.1) is 5.92 Å². The van der Waals surface area contributed by atoms with Crippen LogP contribution in [0.1, 0.15) is 39.5 Å². The summed E-state index contributed by atoms with van der Waals surface area (Å²) in [5, 5.41) is -0.387. The summed E-state index contributed by atoms with van der Waals surface area (Å²) in [5.41, 5.74) is 0. The first kappa shape index (κ1) is 9.15. The first-order valence-corrected chi connectivity index (χ1v) is 5.37. The number of hydrogen-bond donors (Lipinski definition) is 0. The lowest BCUT2D eigenvalue weighted by Gasteiger charge is -2.28. The molecule has 0 radical (unpaired) electrons. The molecule has 0 N–H and O–H groups in total. The van der Waals surface area contributed by atoms with Gasteiger partial charge in [0.15, 0.2) is 5.16 Å². The van der Waals surface area contributed by atoms with Gasteiger partial charge in [0.05, 0.1) is 0 Å². The topological polar surface area (TPSA) is 40.1 Å². The maximum Gasteiger partial charge on any atom is 0.314 e. The third kappa shape index (κ3) is 2.00. The zero-order valence-corrected chi connectivity index (χ0v) is 8.06. The summed E-state index contributed by atoms with van der Waals surface area (Å²) in [4.78, 5) is 10.8. The fraction of sp³-hybridized carbons (Fsp3) is 1.00. The average Bonchev–Trinajstić information content (AvgIpc) is 1.95. The molecule has 11 heavy (non-hydrogen) atoms. The van der Waals surface area contributed by atoms with Crippen molar-refractivity contribution in [2.45, 2.75) is 44.7 Å². The molecule has 1 aliphatic carbocycles. The molecule has 1 rings (SSSR count). The smallest absolute Gasteiger partial charge is 0.314 e. The second-order valence-corrected chi connectivity index (χ2v) is 5.53. The standard InChI is InChI=1S/C8H15O2P/c1-7-3-5-8(2,6-4-7)11(9)10/h7H,3-6H2,1-2H3. The molecule has 64 valence electrons. The van der Waals surface area contributed by atoms with Crippen LogP contribution in [0.15, 0.2) is 0 Å². The Kier molecular flexibility index (Phi) is 2.66. The van der Waals surface area contributed by atoms with Crippen LogP contribution in [-0.2, 0) is 4.57 Å². The molecule has 0 amide bonds. The van der Waals surface area contributed by atoms with Gasteiger partial charge in [0.25, 0.3) is 0 Å². The molecule has 0 saturated heterocycles. The Morgan fingerprint density at radius 2 is 1.91 bits per heavy atom. The molecule has 0 aromatic carbocycles. The first-order valence-electron chi connectivity index (χ1n) is 4.19. The predicted octanol–water partition coefficient (Wildman–Crippen LogP) is 2.06. The fourth-order valence-electron chi connectivity index (χ4n) is 1.57. The van der Waals surface area contributed by atoms with Gasteiger partial charge in [0, 0.05) is 0 Å². The van der Waals surface area contributed by atoms with E-state index in [2.05, 4.69) is 6.92 Å². The monoisotopic (exact) mass is 174 g/mol. The van der Waals surface area contributed by atoms with Crippen molar-refractivity contribution >= 4 is 8.03 Å². The minimum Gasteiger partial charge on any atom is -0.595 e. The summed E-state index contributed by atoms with van der Waals surface area (Å²) in [5.74, 6) is 0.720. The molecule has 2 nitrogen and oxygen atoms in total. The van der Waals surface area contributed by atoms with Crippen molar-refractivity contribution < 1.29 is 9.46 Å². The van der Waals surface area contributed by atoms with E-state index < -0.39 is 8.03 Å². The van der Waals surface area contributed by atoms with Crippen LogP contribution in [0.25, 0.3) is 0 Å². The summed E-state index contributed by atoms with van der Waals surface area (Å²) in [7, 11) is -2.22. The number of hydrogen-bond acceptors (Lipinski definition) is 2. The number of rotatable bonds is 1. The van der Waals surface area contributed by atoms with E-state index in [0.29, 0.717) is 0 Å². The van der Waals surface area contributed by atoms with Crippen molar-refractivity contribution in [1.29, 1.82) is 0 Å². The van der Waals surface area contributed by atoms with Crippen molar-refractivity contribution in [2.24, 2.45) is 5.92 Å². The molecule has 0 aliphatic heterocycles. The molecule has 1 saturated carbocycles. The van der Waals surface area contributed by atoms with Crippen LogP contribution in [0.3, 0.4) is 0 Å². The maximum absolute atomic E-state index is 10.8. The Labute approximate surface area is 68.9 Å². The highest BCUT2D eigenvalue weighted by Gasteiger charge is 2.40. The lowest BCUT2D eigenvalue weighted by Crippen LogP contribution is -2.29. The Bertz CT molecular complexity index is 159. The predicted molar refractivity (Wildman–Crippen MR) is 43.6 cm³/mol. The Morgan fingerprint density at radius 3 is 2.27 bits per heavy atom. The van der Waals surface area contributed by atoms with Crippen molar-refractivity contribution in [3.63, 3.8) is 0 Å². The zero-order valence-electron chi connectivity index (χ0n) is 7.17. The third-order valence-corrected chi connectivity index (χ3v) is 4.12. The van der Waals surface area contributed by atoms with Crippen molar-refractivity contribution in [1.82, 2.24) is 0 Å². The van der Waals surface area contributed by atoms with E-state index in [4.69, 9.17) is 0 Å². The van der Waals surface area contributed by atoms with Gasteiger partial charge in [-0.25, -0.2) is 0 Å². The van der Waals surface area contributed by atoms with Crippen LogP contribution in [0.2, 0.25) is 0 Å². The molecule has 1 aliphatic rings. The van der Waals surface area contributed by atoms with Crippen LogP contribution >= 0.6 is 8.03 Å². The second kappa shape index (κ2) is 3.20. The van der Waals surface area contributed by atoms with Crippen molar-refractivity contribution in [3.05, 3.63) is 0 Å². The summed E-state index contributed by atoms with van der Waals surface area (Å²) in [6.07, 6.45) is 3.85. The summed E-state index contributed by atoms with van der Waals surface area (Å²) in [6.45, 7) is 4.06. The largest absolute Gasteiger partial charge is 0.595 e. The third-order valence-electron chi connectivity index (χ3n) is 2.79. The average molecular weight is 174 g/mol. The molecule has 0 spiro atoms. The molecule has 1 atom stereocenters. The lowest BCUT2D eigenvalue weighted by molar-refractivity contribution is -0.170. The van der Waals surface area contributed by atoms with E-state index in [0.717, 1.165) is 31.6 Å². The Morgan fingerprint density at radius 1 is 1.45 bits per heavy atom. The molecule has 0 heterocycles. The Hall–Kier alpha value is 0.0600. The van der Waals surface area contributed by atoms with E-state index in [1.165, 1.54) is 0 Å². The van der Waals surface area contributed by atoms with Crippen molar-refractivity contribution in [3.8, 4) is 0 Å². The summed E-state index contributed by atoms with van der Waals surface area (Å²) in [6, 6.07) is 0. The fourth-order valence-corrected chi connectivity index (χ4v) is 2.19. The van der Waals surface area contributed by atoms with Crippen LogP contribution in [-0.4, -0.2) is 5.16 Å². The molecular weight excluding hydrogens is 159 g/mol. The maximum atomic E-state index is 10.8. The normalized spacial score (nSPS) is 40.3. The van der Waals surface area contributed by atoms with Crippen molar-refractivity contribution in [2.75, 3.05) is 0 Å². The SMILES string of the molecule is CC1CCC(C)([P+](=O)[O-])CC1. The molecule has 0 bridgehead atoms. The van der Waals surface area contributed by atoms with Gasteiger partial charge in [-0.1, -0.05) is 11.5 Å². The van der Waals surface area contributed by atoms with Gasteiger partial charge < -0.3 is 4.89 Å². The molecular formula is C8H15O2P. The van der Waals surface area contributed by atoms with Gasteiger partial charge in [-0.05, 0) is 38.5 Å². The molecule has 0 aromatic heterocycles. The lowest BCUT2D eigenvalue weighted by atomic mass is 9.83. The van der Waals surface area contributed by atoms with Crippen LogP contribution < -0.4 is 4.89 Å². The van der Waals surface area contributed by atoms with Gasteiger partial charge in [-0.3, -0.25) is 0 Å². The van der Waals surface area contributed by atoms with Gasteiger partial charge in [0.2, 0.25) is 0 Å². The van der Waals surface area contributed by atoms with E-state index in [1.807, 2.05) is 6.92 Å². The molecule has 1 fully saturated rings. The van der Waals surface area contributed by atoms with E-state index in [9.17, 15) is 9.46 Å². The zero-order chi connectivity index (χ0) is 8.48. The molecule has 0 aromatic rings. The van der Waals surface area contributed by atoms with E-state index in [1.54, 1.807) is 0 Å². The van der Waals surface area contributed by atoms with Gasteiger partial charge in [-0.2, -0.15) is 0 Å². The molecule has 1 unspecified atom stereocenters. The summed E-state index contributed by atoms with van der Waals surface area (Å²) < 4.78 is 10.8. The molecule has 3 heteroatoms.